The standard InChI is InChI=1S/C23H17ClFNO2/c1-14-6-8-15(9-7-14)20-21(18-4-2-3-5-19(18)24)26(23(28)22(20)27)17-12-10-16(25)11-13-17/h2-13,21,27H,1H3/t21-/m0/s1. The number of aliphatic hydroxyl groups is 1. The Kier molecular flexibility index (Phi) is 4.65. The number of anilines is 1. The van der Waals surface area contributed by atoms with E-state index in [2.05, 4.69) is 0 Å². The Bertz CT molecular complexity index is 1070. The van der Waals surface area contributed by atoms with Crippen LogP contribution in [0.4, 0.5) is 10.1 Å². The van der Waals surface area contributed by atoms with Crippen molar-refractivity contribution >= 4 is 28.8 Å². The first-order valence-electron chi connectivity index (χ1n) is 8.81. The monoisotopic (exact) mass is 393 g/mol. The summed E-state index contributed by atoms with van der Waals surface area (Å²) in [4.78, 5) is 14.5. The second-order valence-corrected chi connectivity index (χ2v) is 7.11. The first kappa shape index (κ1) is 18.3. The smallest absolute Gasteiger partial charge is 0.294 e. The quantitative estimate of drug-likeness (QED) is 0.606. The lowest BCUT2D eigenvalue weighted by molar-refractivity contribution is -0.117. The predicted molar refractivity (Wildman–Crippen MR) is 109 cm³/mol. The lowest BCUT2D eigenvalue weighted by atomic mass is 9.93. The van der Waals surface area contributed by atoms with Crippen LogP contribution < -0.4 is 4.90 Å². The molecule has 4 rings (SSSR count). The molecule has 0 aliphatic carbocycles. The molecule has 0 spiro atoms. The Hall–Kier alpha value is -3.11. The molecule has 3 nitrogen and oxygen atoms in total. The van der Waals surface area contributed by atoms with E-state index in [9.17, 15) is 14.3 Å². The Labute approximate surface area is 167 Å². The van der Waals surface area contributed by atoms with Crippen LogP contribution in [-0.2, 0) is 4.79 Å². The summed E-state index contributed by atoms with van der Waals surface area (Å²) in [6.07, 6.45) is 0. The predicted octanol–water partition coefficient (Wildman–Crippen LogP) is 5.84. The minimum atomic E-state index is -0.630. The minimum absolute atomic E-state index is 0.335. The molecule has 0 saturated heterocycles. The van der Waals surface area contributed by atoms with Crippen LogP contribution in [0.15, 0.2) is 78.6 Å². The van der Waals surface area contributed by atoms with Gasteiger partial charge in [0.1, 0.15) is 5.82 Å². The highest BCUT2D eigenvalue weighted by atomic mass is 35.5. The van der Waals surface area contributed by atoms with E-state index in [0.717, 1.165) is 11.1 Å². The van der Waals surface area contributed by atoms with Crippen molar-refractivity contribution in [2.24, 2.45) is 0 Å². The maximum Gasteiger partial charge on any atom is 0.294 e. The molecule has 1 atom stereocenters. The molecule has 1 aliphatic heterocycles. The summed E-state index contributed by atoms with van der Waals surface area (Å²) < 4.78 is 13.4. The van der Waals surface area contributed by atoms with Crippen molar-refractivity contribution in [2.75, 3.05) is 4.90 Å². The van der Waals surface area contributed by atoms with Crippen LogP contribution in [0.1, 0.15) is 22.7 Å². The van der Waals surface area contributed by atoms with Crippen molar-refractivity contribution < 1.29 is 14.3 Å². The third-order valence-electron chi connectivity index (χ3n) is 4.88. The summed E-state index contributed by atoms with van der Waals surface area (Å²) in [5, 5.41) is 11.2. The number of halogens is 2. The second-order valence-electron chi connectivity index (χ2n) is 6.70. The molecule has 0 aromatic heterocycles. The number of amides is 1. The number of benzene rings is 3. The first-order valence-corrected chi connectivity index (χ1v) is 9.19. The molecule has 3 aromatic carbocycles. The number of hydrogen-bond donors (Lipinski definition) is 1. The fraction of sp³-hybridized carbons (Fsp3) is 0.0870. The van der Waals surface area contributed by atoms with Gasteiger partial charge in [-0.3, -0.25) is 9.69 Å². The number of aliphatic hydroxyl groups excluding tert-OH is 1. The van der Waals surface area contributed by atoms with Gasteiger partial charge >= 0.3 is 0 Å². The summed E-state index contributed by atoms with van der Waals surface area (Å²) in [5.74, 6) is -1.29. The largest absolute Gasteiger partial charge is 0.503 e. The van der Waals surface area contributed by atoms with Crippen molar-refractivity contribution in [2.45, 2.75) is 13.0 Å². The molecule has 28 heavy (non-hydrogen) atoms. The van der Waals surface area contributed by atoms with Gasteiger partial charge in [-0.1, -0.05) is 59.6 Å². The van der Waals surface area contributed by atoms with Crippen molar-refractivity contribution in [1.29, 1.82) is 0 Å². The molecule has 140 valence electrons. The van der Waals surface area contributed by atoms with Crippen LogP contribution in [0.5, 0.6) is 0 Å². The summed E-state index contributed by atoms with van der Waals surface area (Å²) >= 11 is 6.45. The van der Waals surface area contributed by atoms with Gasteiger partial charge in [0.25, 0.3) is 5.91 Å². The molecule has 1 heterocycles. The number of nitrogens with zero attached hydrogens (tertiary/aromatic N) is 1. The Balaban J connectivity index is 1.93. The van der Waals surface area contributed by atoms with E-state index in [1.165, 1.54) is 29.2 Å². The molecule has 0 fully saturated rings. The Morgan fingerprint density at radius 1 is 0.964 bits per heavy atom. The van der Waals surface area contributed by atoms with Crippen LogP contribution in [0.3, 0.4) is 0 Å². The Morgan fingerprint density at radius 2 is 1.61 bits per heavy atom. The maximum atomic E-state index is 13.4. The maximum absolute atomic E-state index is 13.4. The summed E-state index contributed by atoms with van der Waals surface area (Å²) in [5.41, 5.74) is 3.43. The number of aryl methyl sites for hydroxylation is 1. The van der Waals surface area contributed by atoms with Crippen molar-refractivity contribution in [3.05, 3.63) is 106 Å². The lowest BCUT2D eigenvalue weighted by Crippen LogP contribution is -2.30. The molecule has 3 aromatic rings. The zero-order chi connectivity index (χ0) is 19.8. The fourth-order valence-corrected chi connectivity index (χ4v) is 3.73. The van der Waals surface area contributed by atoms with Gasteiger partial charge < -0.3 is 5.11 Å². The van der Waals surface area contributed by atoms with Crippen LogP contribution in [0, 0.1) is 12.7 Å². The second kappa shape index (κ2) is 7.13. The lowest BCUT2D eigenvalue weighted by Gasteiger charge is -2.28. The zero-order valence-electron chi connectivity index (χ0n) is 15.1. The van der Waals surface area contributed by atoms with Gasteiger partial charge in [-0.05, 0) is 48.4 Å². The molecule has 5 heteroatoms. The summed E-state index contributed by atoms with van der Waals surface area (Å²) in [7, 11) is 0. The van der Waals surface area contributed by atoms with Gasteiger partial charge in [-0.2, -0.15) is 0 Å². The van der Waals surface area contributed by atoms with Gasteiger partial charge in [0, 0.05) is 16.3 Å². The average Bonchev–Trinajstić information content (AvgIpc) is 2.95. The van der Waals surface area contributed by atoms with Crippen molar-refractivity contribution in [3.63, 3.8) is 0 Å². The van der Waals surface area contributed by atoms with Crippen LogP contribution >= 0.6 is 11.6 Å². The van der Waals surface area contributed by atoms with Gasteiger partial charge in [-0.25, -0.2) is 4.39 Å². The average molecular weight is 394 g/mol. The number of rotatable bonds is 3. The molecule has 1 amide bonds. The van der Waals surface area contributed by atoms with Gasteiger partial charge in [0.15, 0.2) is 5.76 Å². The van der Waals surface area contributed by atoms with Gasteiger partial charge in [0.05, 0.1) is 6.04 Å². The Morgan fingerprint density at radius 3 is 2.25 bits per heavy atom. The molecule has 0 radical (unpaired) electrons. The highest BCUT2D eigenvalue weighted by Crippen LogP contribution is 2.46. The minimum Gasteiger partial charge on any atom is -0.503 e. The summed E-state index contributed by atoms with van der Waals surface area (Å²) in [6, 6.07) is 19.7. The van der Waals surface area contributed by atoms with E-state index in [1.54, 1.807) is 12.1 Å². The zero-order valence-corrected chi connectivity index (χ0v) is 15.8. The number of hydrogen-bond acceptors (Lipinski definition) is 2. The molecule has 0 unspecified atom stereocenters. The van der Waals surface area contributed by atoms with Gasteiger partial charge in [0.2, 0.25) is 0 Å². The van der Waals surface area contributed by atoms with E-state index in [1.807, 2.05) is 43.3 Å². The van der Waals surface area contributed by atoms with Crippen molar-refractivity contribution in [1.82, 2.24) is 0 Å². The third kappa shape index (κ3) is 3.06. The normalized spacial score (nSPS) is 16.8. The van der Waals surface area contributed by atoms with Crippen molar-refractivity contribution in [3.8, 4) is 0 Å². The van der Waals surface area contributed by atoms with Gasteiger partial charge in [-0.15, -0.1) is 0 Å². The van der Waals surface area contributed by atoms with Crippen LogP contribution in [-0.4, -0.2) is 11.0 Å². The first-order chi connectivity index (χ1) is 13.5. The molecular formula is C23H17ClFNO2. The highest BCUT2D eigenvalue weighted by molar-refractivity contribution is 6.32. The van der Waals surface area contributed by atoms with E-state index in [4.69, 9.17) is 11.6 Å². The van der Waals surface area contributed by atoms with E-state index in [0.29, 0.717) is 21.8 Å². The van der Waals surface area contributed by atoms with Crippen LogP contribution in [0.25, 0.3) is 5.57 Å². The fourth-order valence-electron chi connectivity index (χ4n) is 3.49. The van der Waals surface area contributed by atoms with E-state index in [-0.39, 0.29) is 5.76 Å². The van der Waals surface area contributed by atoms with E-state index < -0.39 is 17.8 Å². The molecular weight excluding hydrogens is 377 g/mol. The molecule has 1 aliphatic rings. The summed E-state index contributed by atoms with van der Waals surface area (Å²) in [6.45, 7) is 1.97. The number of carbonyl (C=O) groups is 1. The molecule has 0 bridgehead atoms. The molecule has 1 N–H and O–H groups in total. The number of carbonyl (C=O) groups excluding carboxylic acids is 1. The topological polar surface area (TPSA) is 40.5 Å². The SMILES string of the molecule is Cc1ccc(C2=C(O)C(=O)N(c3ccc(F)cc3)[C@H]2c2ccccc2Cl)cc1. The van der Waals surface area contributed by atoms with E-state index >= 15 is 0 Å². The highest BCUT2D eigenvalue weighted by Gasteiger charge is 2.42. The van der Waals surface area contributed by atoms with Crippen LogP contribution in [0.2, 0.25) is 5.02 Å². The molecule has 0 saturated carbocycles. The third-order valence-corrected chi connectivity index (χ3v) is 5.22.